The van der Waals surface area contributed by atoms with E-state index in [1.165, 1.54) is 71.4 Å². The van der Waals surface area contributed by atoms with Crippen LogP contribution in [0.15, 0.2) is 76.6 Å². The average molecular weight is 446 g/mol. The van der Waals surface area contributed by atoms with Gasteiger partial charge in [0.05, 0.1) is 5.56 Å². The Balaban J connectivity index is 1.88. The van der Waals surface area contributed by atoms with Crippen LogP contribution < -0.4 is 20.5 Å². The molecule has 0 amide bonds. The third kappa shape index (κ3) is 4.34. The van der Waals surface area contributed by atoms with Gasteiger partial charge in [0.15, 0.2) is 5.43 Å². The Kier molecular flexibility index (Phi) is 5.67. The summed E-state index contributed by atoms with van der Waals surface area (Å²) in [6.07, 6.45) is 2.96. The van der Waals surface area contributed by atoms with E-state index in [1.807, 2.05) is 0 Å². The number of nitrogens with zero attached hydrogens (tertiary/aromatic N) is 1. The van der Waals surface area contributed by atoms with Gasteiger partial charge >= 0.3 is 13.2 Å². The number of rotatable bonds is 6. The first kappa shape index (κ1) is 21.2. The second kappa shape index (κ2) is 8.58. The summed E-state index contributed by atoms with van der Waals surface area (Å²) in [5.74, 6) is -0.156. The van der Waals surface area contributed by atoms with E-state index in [9.17, 15) is 27.2 Å². The van der Waals surface area contributed by atoms with Crippen molar-refractivity contribution in [1.29, 1.82) is 0 Å². The highest BCUT2D eigenvalue weighted by Crippen LogP contribution is 2.27. The molecule has 4 aromatic rings. The Labute approximate surface area is 177 Å². The van der Waals surface area contributed by atoms with Crippen LogP contribution in [0.2, 0.25) is 0 Å². The molecule has 2 aromatic carbocycles. The monoisotopic (exact) mass is 446 g/mol. The summed E-state index contributed by atoms with van der Waals surface area (Å²) in [7, 11) is 0. The Morgan fingerprint density at radius 1 is 0.750 bits per heavy atom. The Hall–Kier alpha value is -4.08. The van der Waals surface area contributed by atoms with E-state index >= 15 is 0 Å². The van der Waals surface area contributed by atoms with Crippen LogP contribution in [0, 0.1) is 0 Å². The van der Waals surface area contributed by atoms with Gasteiger partial charge in [-0.1, -0.05) is 24.3 Å². The molecule has 0 bridgehead atoms. The van der Waals surface area contributed by atoms with E-state index in [0.717, 1.165) is 0 Å². The van der Waals surface area contributed by atoms with Crippen molar-refractivity contribution in [2.24, 2.45) is 0 Å². The van der Waals surface area contributed by atoms with Crippen molar-refractivity contribution in [3.63, 3.8) is 0 Å². The van der Waals surface area contributed by atoms with Crippen molar-refractivity contribution in [3.8, 4) is 33.8 Å². The fourth-order valence-corrected chi connectivity index (χ4v) is 3.28. The molecule has 0 saturated heterocycles. The maximum Gasteiger partial charge on any atom is 0.387 e. The molecule has 32 heavy (non-hydrogen) atoms. The molecular weight excluding hydrogens is 432 g/mol. The van der Waals surface area contributed by atoms with Crippen LogP contribution in [0.3, 0.4) is 0 Å². The van der Waals surface area contributed by atoms with E-state index in [1.54, 1.807) is 0 Å². The molecule has 0 fully saturated rings. The molecule has 1 N–H and O–H groups in total. The van der Waals surface area contributed by atoms with Crippen molar-refractivity contribution in [1.82, 2.24) is 9.38 Å². The zero-order chi connectivity index (χ0) is 22.8. The summed E-state index contributed by atoms with van der Waals surface area (Å²) in [4.78, 5) is 27.9. The van der Waals surface area contributed by atoms with Gasteiger partial charge in [-0.3, -0.25) is 9.59 Å². The van der Waals surface area contributed by atoms with Crippen LogP contribution in [0.25, 0.3) is 27.9 Å². The average Bonchev–Trinajstić information content (AvgIpc) is 2.74. The van der Waals surface area contributed by atoms with Gasteiger partial charge in [-0.05, 0) is 35.4 Å². The quantitative estimate of drug-likeness (QED) is 0.442. The molecule has 0 aliphatic carbocycles. The largest absolute Gasteiger partial charge is 0.435 e. The lowest BCUT2D eigenvalue weighted by molar-refractivity contribution is -0.0505. The number of hydrogen-bond acceptors (Lipinski definition) is 4. The standard InChI is InChI=1S/C22H14F4N2O4/c23-21(24)31-14-5-1-12(2-6-14)16-11-28-10-9-17(29)27-20(28)18(19(16)30)13-3-7-15(8-4-13)32-22(25)26/h1-11,21-22H,(H,27,29). The Morgan fingerprint density at radius 3 is 1.81 bits per heavy atom. The number of nitrogens with one attached hydrogen (secondary N) is 1. The van der Waals surface area contributed by atoms with Gasteiger partial charge in [0, 0.05) is 24.0 Å². The molecule has 0 aliphatic heterocycles. The van der Waals surface area contributed by atoms with Crippen molar-refractivity contribution in [2.75, 3.05) is 0 Å². The van der Waals surface area contributed by atoms with E-state index < -0.39 is 24.2 Å². The van der Waals surface area contributed by atoms with Crippen LogP contribution in [0.5, 0.6) is 11.5 Å². The van der Waals surface area contributed by atoms with Crippen molar-refractivity contribution in [2.45, 2.75) is 13.2 Å². The first-order valence-corrected chi connectivity index (χ1v) is 9.20. The van der Waals surface area contributed by atoms with Crippen LogP contribution in [-0.4, -0.2) is 22.6 Å². The maximum atomic E-state index is 13.4. The minimum absolute atomic E-state index is 0.0659. The molecule has 2 aromatic heterocycles. The number of benzene rings is 2. The summed E-state index contributed by atoms with van der Waals surface area (Å²) < 4.78 is 59.9. The Bertz CT molecular complexity index is 1360. The van der Waals surface area contributed by atoms with Crippen molar-refractivity contribution in [3.05, 3.63) is 87.6 Å². The van der Waals surface area contributed by atoms with Gasteiger partial charge < -0.3 is 18.9 Å². The number of aromatic amines is 1. The molecular formula is C22H14F4N2O4. The SMILES string of the molecule is O=c1ccn2cc(-c3ccc(OC(F)F)cc3)c(=O)c(-c3ccc(OC(F)F)cc3)c2[nH]1. The number of hydrogen-bond donors (Lipinski definition) is 1. The van der Waals surface area contributed by atoms with Gasteiger partial charge in [-0.2, -0.15) is 17.6 Å². The lowest BCUT2D eigenvalue weighted by atomic mass is 10.00. The van der Waals surface area contributed by atoms with Gasteiger partial charge in [0.1, 0.15) is 17.1 Å². The third-order valence-corrected chi connectivity index (χ3v) is 4.62. The van der Waals surface area contributed by atoms with Gasteiger partial charge in [0.25, 0.3) is 5.56 Å². The predicted octanol–water partition coefficient (Wildman–Crippen LogP) is 4.52. The molecule has 0 saturated carbocycles. The molecule has 10 heteroatoms. The van der Waals surface area contributed by atoms with Crippen LogP contribution in [-0.2, 0) is 0 Å². The zero-order valence-electron chi connectivity index (χ0n) is 16.1. The fourth-order valence-electron chi connectivity index (χ4n) is 3.28. The molecule has 0 radical (unpaired) electrons. The zero-order valence-corrected chi connectivity index (χ0v) is 16.1. The highest BCUT2D eigenvalue weighted by molar-refractivity contribution is 5.82. The van der Waals surface area contributed by atoms with E-state index in [0.29, 0.717) is 11.1 Å². The second-order valence-electron chi connectivity index (χ2n) is 6.61. The minimum Gasteiger partial charge on any atom is -0.435 e. The van der Waals surface area contributed by atoms with Gasteiger partial charge in [0.2, 0.25) is 0 Å². The molecule has 2 heterocycles. The molecule has 0 aliphatic rings. The van der Waals surface area contributed by atoms with Gasteiger partial charge in [-0.25, -0.2) is 0 Å². The van der Waals surface area contributed by atoms with E-state index in [4.69, 9.17) is 0 Å². The van der Waals surface area contributed by atoms with Crippen LogP contribution in [0.4, 0.5) is 17.6 Å². The number of ether oxygens (including phenoxy) is 2. The van der Waals surface area contributed by atoms with E-state index in [-0.39, 0.29) is 28.3 Å². The highest BCUT2D eigenvalue weighted by Gasteiger charge is 2.16. The van der Waals surface area contributed by atoms with E-state index in [2.05, 4.69) is 14.5 Å². The normalized spacial score (nSPS) is 11.3. The molecule has 4 rings (SSSR count). The number of halogens is 4. The van der Waals surface area contributed by atoms with Crippen LogP contribution in [0.1, 0.15) is 0 Å². The van der Waals surface area contributed by atoms with Crippen molar-refractivity contribution >= 4 is 5.65 Å². The number of aromatic nitrogens is 2. The fraction of sp³-hybridized carbons (Fsp3) is 0.0909. The molecule has 0 unspecified atom stereocenters. The summed E-state index contributed by atoms with van der Waals surface area (Å²) in [5, 5.41) is 0. The second-order valence-corrected chi connectivity index (χ2v) is 6.61. The van der Waals surface area contributed by atoms with Crippen LogP contribution >= 0.6 is 0 Å². The summed E-state index contributed by atoms with van der Waals surface area (Å²) in [6, 6.07) is 12.2. The molecule has 0 spiro atoms. The summed E-state index contributed by atoms with van der Waals surface area (Å²) in [6.45, 7) is -5.98. The minimum atomic E-state index is -3.00. The molecule has 164 valence electrons. The molecule has 0 atom stereocenters. The van der Waals surface area contributed by atoms with Gasteiger partial charge in [-0.15, -0.1) is 0 Å². The Morgan fingerprint density at radius 2 is 1.28 bits per heavy atom. The molecule has 6 nitrogen and oxygen atoms in total. The number of alkyl halides is 4. The first-order valence-electron chi connectivity index (χ1n) is 9.20. The smallest absolute Gasteiger partial charge is 0.387 e. The number of fused-ring (bicyclic) bond motifs is 1. The lowest BCUT2D eigenvalue weighted by Gasteiger charge is -2.12. The predicted molar refractivity (Wildman–Crippen MR) is 108 cm³/mol. The van der Waals surface area contributed by atoms with Crippen molar-refractivity contribution < 1.29 is 27.0 Å². The summed E-state index contributed by atoms with van der Waals surface area (Å²) >= 11 is 0. The number of H-pyrrole nitrogens is 1. The lowest BCUT2D eigenvalue weighted by Crippen LogP contribution is -2.16. The topological polar surface area (TPSA) is 72.8 Å². The number of pyridine rings is 1. The highest BCUT2D eigenvalue weighted by atomic mass is 19.3. The third-order valence-electron chi connectivity index (χ3n) is 4.62. The maximum absolute atomic E-state index is 13.4. The first-order chi connectivity index (χ1) is 15.3. The summed E-state index contributed by atoms with van der Waals surface area (Å²) in [5.41, 5.74) is 0.428.